The highest BCUT2D eigenvalue weighted by Crippen LogP contribution is 2.45. The summed E-state index contributed by atoms with van der Waals surface area (Å²) in [5, 5.41) is 7.59. The lowest BCUT2D eigenvalue weighted by Crippen LogP contribution is -2.44. The largest absolute Gasteiger partial charge is 0.381 e. The molecular weight excluding hydrogens is 308 g/mol. The molecule has 3 heterocycles. The zero-order valence-corrected chi connectivity index (χ0v) is 14.4. The zero-order chi connectivity index (χ0) is 15.7. The number of rotatable bonds is 5. The van der Waals surface area contributed by atoms with E-state index in [0.717, 1.165) is 58.2 Å². The Kier molecular flexibility index (Phi) is 4.43. The molecule has 4 rings (SSSR count). The summed E-state index contributed by atoms with van der Waals surface area (Å²) in [5.74, 6) is 1.16. The van der Waals surface area contributed by atoms with E-state index in [4.69, 9.17) is 4.74 Å². The predicted octanol–water partition coefficient (Wildman–Crippen LogP) is 2.50. The minimum absolute atomic E-state index is 0.127. The minimum atomic E-state index is 0.127. The Labute approximate surface area is 142 Å². The third-order valence-electron chi connectivity index (χ3n) is 5.77. The Morgan fingerprint density at radius 3 is 2.91 bits per heavy atom. The average Bonchev–Trinajstić information content (AvgIpc) is 3.14. The summed E-state index contributed by atoms with van der Waals surface area (Å²) in [7, 11) is 0. The van der Waals surface area contributed by atoms with Crippen LogP contribution >= 0.6 is 11.3 Å². The van der Waals surface area contributed by atoms with Crippen LogP contribution in [0.4, 0.5) is 0 Å². The topological polar surface area (TPSA) is 41.6 Å². The maximum Gasteiger partial charge on any atom is 0.225 e. The van der Waals surface area contributed by atoms with Crippen molar-refractivity contribution in [1.29, 1.82) is 0 Å². The summed E-state index contributed by atoms with van der Waals surface area (Å²) in [6.45, 7) is 5.39. The van der Waals surface area contributed by atoms with Gasteiger partial charge in [-0.05, 0) is 54.0 Å². The van der Waals surface area contributed by atoms with Gasteiger partial charge in [0.25, 0.3) is 0 Å². The Morgan fingerprint density at radius 2 is 2.22 bits per heavy atom. The van der Waals surface area contributed by atoms with E-state index in [0.29, 0.717) is 0 Å². The van der Waals surface area contributed by atoms with Crippen molar-refractivity contribution >= 4 is 17.2 Å². The van der Waals surface area contributed by atoms with Crippen molar-refractivity contribution in [2.45, 2.75) is 32.2 Å². The molecule has 4 nitrogen and oxygen atoms in total. The molecule has 3 aliphatic rings. The maximum absolute atomic E-state index is 12.8. The van der Waals surface area contributed by atoms with Gasteiger partial charge in [0.2, 0.25) is 5.91 Å². The summed E-state index contributed by atoms with van der Waals surface area (Å²) in [6.07, 6.45) is 4.62. The van der Waals surface area contributed by atoms with Gasteiger partial charge in [0.05, 0.1) is 5.92 Å². The smallest absolute Gasteiger partial charge is 0.225 e. The zero-order valence-electron chi connectivity index (χ0n) is 13.6. The molecule has 3 fully saturated rings. The fraction of sp³-hybridized carbons (Fsp3) is 0.722. The molecule has 0 radical (unpaired) electrons. The van der Waals surface area contributed by atoms with Crippen LogP contribution in [-0.2, 0) is 16.1 Å². The summed E-state index contributed by atoms with van der Waals surface area (Å²) in [6, 6.07) is 2.20. The number of likely N-dealkylation sites (tertiary alicyclic amines) is 1. The van der Waals surface area contributed by atoms with Crippen molar-refractivity contribution < 1.29 is 9.53 Å². The molecule has 1 N–H and O–H groups in total. The predicted molar refractivity (Wildman–Crippen MR) is 91.3 cm³/mol. The van der Waals surface area contributed by atoms with Gasteiger partial charge in [-0.2, -0.15) is 11.3 Å². The highest BCUT2D eigenvalue weighted by Gasteiger charge is 2.50. The summed E-state index contributed by atoms with van der Waals surface area (Å²) in [4.78, 5) is 15.3. The molecule has 1 spiro atoms. The van der Waals surface area contributed by atoms with Crippen LogP contribution in [0.1, 0.15) is 31.2 Å². The van der Waals surface area contributed by atoms with Gasteiger partial charge in [0.15, 0.2) is 0 Å². The van der Waals surface area contributed by atoms with Crippen molar-refractivity contribution in [3.05, 3.63) is 22.4 Å². The molecule has 2 aliphatic heterocycles. The summed E-state index contributed by atoms with van der Waals surface area (Å²) in [5.41, 5.74) is 1.50. The van der Waals surface area contributed by atoms with Gasteiger partial charge in [0.1, 0.15) is 0 Å². The molecule has 5 heteroatoms. The van der Waals surface area contributed by atoms with Gasteiger partial charge < -0.3 is 10.1 Å². The van der Waals surface area contributed by atoms with Gasteiger partial charge >= 0.3 is 0 Å². The fourth-order valence-corrected chi connectivity index (χ4v) is 4.83. The first kappa shape index (κ1) is 15.6. The van der Waals surface area contributed by atoms with Gasteiger partial charge in [-0.1, -0.05) is 0 Å². The summed E-state index contributed by atoms with van der Waals surface area (Å²) >= 11 is 1.75. The van der Waals surface area contributed by atoms with E-state index in [1.165, 1.54) is 18.4 Å². The first-order valence-corrected chi connectivity index (χ1v) is 9.78. The van der Waals surface area contributed by atoms with Gasteiger partial charge in [-0.3, -0.25) is 9.69 Å². The second-order valence-corrected chi connectivity index (χ2v) is 8.30. The Balaban J connectivity index is 1.45. The molecule has 23 heavy (non-hydrogen) atoms. The number of thiophene rings is 1. The van der Waals surface area contributed by atoms with Crippen LogP contribution in [0.3, 0.4) is 0 Å². The van der Waals surface area contributed by atoms with Gasteiger partial charge in [-0.25, -0.2) is 0 Å². The second kappa shape index (κ2) is 6.54. The highest BCUT2D eigenvalue weighted by molar-refractivity contribution is 7.07. The molecule has 2 saturated heterocycles. The van der Waals surface area contributed by atoms with Crippen molar-refractivity contribution in [2.75, 3.05) is 32.8 Å². The van der Waals surface area contributed by atoms with Crippen molar-refractivity contribution in [2.24, 2.45) is 17.3 Å². The van der Waals surface area contributed by atoms with E-state index in [2.05, 4.69) is 27.0 Å². The van der Waals surface area contributed by atoms with Gasteiger partial charge in [0, 0.05) is 44.8 Å². The highest BCUT2D eigenvalue weighted by atomic mass is 32.1. The van der Waals surface area contributed by atoms with Crippen molar-refractivity contribution in [1.82, 2.24) is 10.2 Å². The molecule has 1 amide bonds. The lowest BCUT2D eigenvalue weighted by molar-refractivity contribution is -0.129. The molecule has 1 aromatic rings. The normalized spacial score (nSPS) is 27.4. The SMILES string of the molecule is O=C(NCC1CC1)[C@H]1CN(Cc2ccsc2)CC12CCOCC2. The van der Waals surface area contributed by atoms with E-state index in [1.54, 1.807) is 11.3 Å². The molecule has 0 unspecified atom stereocenters. The molecular formula is C18H26N2O2S. The first-order valence-electron chi connectivity index (χ1n) is 8.84. The summed E-state index contributed by atoms with van der Waals surface area (Å²) < 4.78 is 5.59. The van der Waals surface area contributed by atoms with Crippen LogP contribution in [0.25, 0.3) is 0 Å². The molecule has 0 aromatic carbocycles. The standard InChI is InChI=1S/C18H26N2O2S/c21-17(19-9-14-1-2-14)16-11-20(10-15-3-8-23-12-15)13-18(16)4-6-22-7-5-18/h3,8,12,14,16H,1-2,4-7,9-11,13H2,(H,19,21)/t16-/m1/s1. The van der Waals surface area contributed by atoms with Crippen molar-refractivity contribution in [3.63, 3.8) is 0 Å². The van der Waals surface area contributed by atoms with E-state index in [-0.39, 0.29) is 17.2 Å². The Hall–Kier alpha value is -0.910. The number of nitrogens with one attached hydrogen (secondary N) is 1. The first-order chi connectivity index (χ1) is 11.3. The number of amides is 1. The molecule has 1 atom stereocenters. The van der Waals surface area contributed by atoms with Crippen LogP contribution < -0.4 is 5.32 Å². The molecule has 1 aliphatic carbocycles. The molecule has 126 valence electrons. The Bertz CT molecular complexity index is 535. The van der Waals surface area contributed by atoms with E-state index in [1.807, 2.05) is 0 Å². The number of carbonyl (C=O) groups is 1. The fourth-order valence-electron chi connectivity index (χ4n) is 4.17. The molecule has 0 bridgehead atoms. The molecule has 1 saturated carbocycles. The van der Waals surface area contributed by atoms with E-state index in [9.17, 15) is 4.79 Å². The van der Waals surface area contributed by atoms with Gasteiger partial charge in [-0.15, -0.1) is 0 Å². The third kappa shape index (κ3) is 3.47. The lowest BCUT2D eigenvalue weighted by Gasteiger charge is -2.37. The average molecular weight is 334 g/mol. The van der Waals surface area contributed by atoms with Crippen LogP contribution in [0.2, 0.25) is 0 Å². The number of ether oxygens (including phenoxy) is 1. The number of hydrogen-bond acceptors (Lipinski definition) is 4. The Morgan fingerprint density at radius 1 is 1.39 bits per heavy atom. The maximum atomic E-state index is 12.8. The lowest BCUT2D eigenvalue weighted by atomic mass is 9.71. The number of carbonyl (C=O) groups excluding carboxylic acids is 1. The molecule has 1 aromatic heterocycles. The number of hydrogen-bond donors (Lipinski definition) is 1. The van der Waals surface area contributed by atoms with E-state index >= 15 is 0 Å². The quantitative estimate of drug-likeness (QED) is 0.899. The van der Waals surface area contributed by atoms with Crippen LogP contribution in [-0.4, -0.2) is 43.7 Å². The minimum Gasteiger partial charge on any atom is -0.381 e. The second-order valence-electron chi connectivity index (χ2n) is 7.52. The van der Waals surface area contributed by atoms with Crippen LogP contribution in [0.15, 0.2) is 16.8 Å². The van der Waals surface area contributed by atoms with Crippen molar-refractivity contribution in [3.8, 4) is 0 Å². The number of nitrogens with zero attached hydrogens (tertiary/aromatic N) is 1. The van der Waals surface area contributed by atoms with Crippen LogP contribution in [0.5, 0.6) is 0 Å². The third-order valence-corrected chi connectivity index (χ3v) is 6.50. The monoisotopic (exact) mass is 334 g/mol. The van der Waals surface area contributed by atoms with E-state index < -0.39 is 0 Å². The van der Waals surface area contributed by atoms with Crippen LogP contribution in [0, 0.1) is 17.3 Å².